The molecule has 0 bridgehead atoms. The maximum atomic E-state index is 13.5. The van der Waals surface area contributed by atoms with Gasteiger partial charge in [0.05, 0.1) is 10.0 Å². The van der Waals surface area contributed by atoms with Gasteiger partial charge in [0.2, 0.25) is 0 Å². The van der Waals surface area contributed by atoms with E-state index in [1.54, 1.807) is 12.1 Å². The van der Waals surface area contributed by atoms with Gasteiger partial charge >= 0.3 is 0 Å². The molecule has 1 heterocycles. The molecule has 0 atom stereocenters. The van der Waals surface area contributed by atoms with Gasteiger partial charge in [-0.15, -0.1) is 0 Å². The monoisotopic (exact) mass is 356 g/mol. The van der Waals surface area contributed by atoms with Crippen molar-refractivity contribution in [2.24, 2.45) is 0 Å². The molecular formula is C16H22BrFN2O. The fourth-order valence-corrected chi connectivity index (χ4v) is 3.45. The lowest BCUT2D eigenvalue weighted by Gasteiger charge is -2.37. The lowest BCUT2D eigenvalue weighted by molar-refractivity contribution is 0.0630. The Labute approximate surface area is 134 Å². The first-order chi connectivity index (χ1) is 10.1. The number of piperidine rings is 1. The summed E-state index contributed by atoms with van der Waals surface area (Å²) in [6.45, 7) is 7.91. The molecule has 1 aliphatic heterocycles. The highest BCUT2D eigenvalue weighted by Gasteiger charge is 2.27. The van der Waals surface area contributed by atoms with Crippen LogP contribution in [0.1, 0.15) is 37.0 Å². The number of hydrogen-bond acceptors (Lipinski definition) is 2. The third-order valence-electron chi connectivity index (χ3n) is 4.26. The Morgan fingerprint density at radius 2 is 1.95 bits per heavy atom. The molecule has 0 radical (unpaired) electrons. The van der Waals surface area contributed by atoms with E-state index in [-0.39, 0.29) is 16.2 Å². The Balaban J connectivity index is 2.02. The van der Waals surface area contributed by atoms with Crippen molar-refractivity contribution in [1.29, 1.82) is 0 Å². The highest BCUT2D eigenvalue weighted by Crippen LogP contribution is 2.24. The Morgan fingerprint density at radius 1 is 1.33 bits per heavy atom. The van der Waals surface area contributed by atoms with E-state index in [4.69, 9.17) is 0 Å². The van der Waals surface area contributed by atoms with Crippen molar-refractivity contribution in [3.8, 4) is 0 Å². The van der Waals surface area contributed by atoms with E-state index in [2.05, 4.69) is 34.7 Å². The summed E-state index contributed by atoms with van der Waals surface area (Å²) in [6, 6.07) is 5.16. The van der Waals surface area contributed by atoms with Crippen LogP contribution in [0.2, 0.25) is 0 Å². The topological polar surface area (TPSA) is 23.6 Å². The molecule has 3 nitrogen and oxygen atoms in total. The van der Waals surface area contributed by atoms with Crippen LogP contribution in [0.25, 0.3) is 0 Å². The van der Waals surface area contributed by atoms with Crippen molar-refractivity contribution in [3.05, 3.63) is 34.1 Å². The van der Waals surface area contributed by atoms with Crippen LogP contribution in [0.5, 0.6) is 0 Å². The van der Waals surface area contributed by atoms with Crippen molar-refractivity contribution >= 4 is 21.8 Å². The summed E-state index contributed by atoms with van der Waals surface area (Å²) in [4.78, 5) is 16.8. The van der Waals surface area contributed by atoms with Crippen LogP contribution >= 0.6 is 15.9 Å². The Hall–Kier alpha value is -0.940. The number of amides is 1. The number of nitrogens with zero attached hydrogens (tertiary/aromatic N) is 2. The highest BCUT2D eigenvalue weighted by molar-refractivity contribution is 9.10. The number of benzene rings is 1. The molecular weight excluding hydrogens is 335 g/mol. The second-order valence-corrected chi connectivity index (χ2v) is 6.14. The molecule has 1 amide bonds. The first kappa shape index (κ1) is 16.4. The summed E-state index contributed by atoms with van der Waals surface area (Å²) in [5.41, 5.74) is 0.413. The van der Waals surface area contributed by atoms with Gasteiger partial charge in [-0.3, -0.25) is 4.79 Å². The average Bonchev–Trinajstić information content (AvgIpc) is 2.51. The lowest BCUT2D eigenvalue weighted by atomic mass is 10.0. The van der Waals surface area contributed by atoms with Gasteiger partial charge in [-0.2, -0.15) is 0 Å². The molecule has 2 rings (SSSR count). The Morgan fingerprint density at radius 3 is 2.52 bits per heavy atom. The van der Waals surface area contributed by atoms with Crippen LogP contribution in [0, 0.1) is 5.82 Å². The molecule has 0 saturated carbocycles. The Kier molecular flexibility index (Phi) is 5.76. The van der Waals surface area contributed by atoms with Crippen LogP contribution in [0.3, 0.4) is 0 Å². The molecule has 1 aromatic rings. The predicted octanol–water partition coefficient (Wildman–Crippen LogP) is 3.53. The zero-order valence-electron chi connectivity index (χ0n) is 12.6. The molecule has 1 saturated heterocycles. The molecule has 21 heavy (non-hydrogen) atoms. The van der Waals surface area contributed by atoms with Gasteiger partial charge in [0.15, 0.2) is 0 Å². The van der Waals surface area contributed by atoms with Crippen LogP contribution < -0.4 is 0 Å². The second-order valence-electron chi connectivity index (χ2n) is 5.35. The fourth-order valence-electron chi connectivity index (χ4n) is 3.01. The van der Waals surface area contributed by atoms with Gasteiger partial charge in [0.1, 0.15) is 5.82 Å². The first-order valence-corrected chi connectivity index (χ1v) is 8.35. The molecule has 0 aromatic heterocycles. The van der Waals surface area contributed by atoms with Gasteiger partial charge in [-0.25, -0.2) is 4.39 Å². The molecule has 1 fully saturated rings. The first-order valence-electron chi connectivity index (χ1n) is 7.55. The van der Waals surface area contributed by atoms with E-state index in [1.165, 1.54) is 6.07 Å². The largest absolute Gasteiger partial charge is 0.338 e. The molecule has 1 aromatic carbocycles. The second kappa shape index (κ2) is 7.36. The quantitative estimate of drug-likeness (QED) is 0.823. The normalized spacial score (nSPS) is 16.5. The molecule has 1 aliphatic rings. The van der Waals surface area contributed by atoms with E-state index in [0.29, 0.717) is 11.6 Å². The van der Waals surface area contributed by atoms with Crippen molar-refractivity contribution in [2.45, 2.75) is 32.7 Å². The average molecular weight is 357 g/mol. The smallest absolute Gasteiger partial charge is 0.255 e. The van der Waals surface area contributed by atoms with Crippen LogP contribution in [0.4, 0.5) is 4.39 Å². The maximum absolute atomic E-state index is 13.5. The zero-order valence-corrected chi connectivity index (χ0v) is 14.2. The van der Waals surface area contributed by atoms with Gasteiger partial charge in [0.25, 0.3) is 5.91 Å². The van der Waals surface area contributed by atoms with Crippen molar-refractivity contribution < 1.29 is 9.18 Å². The summed E-state index contributed by atoms with van der Waals surface area (Å²) in [5.74, 6) is -0.474. The van der Waals surface area contributed by atoms with Gasteiger partial charge in [-0.1, -0.05) is 19.9 Å². The minimum atomic E-state index is -0.390. The number of halogens is 2. The number of hydrogen-bond donors (Lipinski definition) is 0. The molecule has 0 N–H and O–H groups in total. The number of carbonyl (C=O) groups excluding carboxylic acids is 1. The highest BCUT2D eigenvalue weighted by atomic mass is 79.9. The van der Waals surface area contributed by atoms with E-state index >= 15 is 0 Å². The van der Waals surface area contributed by atoms with Gasteiger partial charge in [0, 0.05) is 19.1 Å². The van der Waals surface area contributed by atoms with E-state index in [0.717, 1.165) is 39.0 Å². The third-order valence-corrected chi connectivity index (χ3v) is 5.07. The van der Waals surface area contributed by atoms with Crippen molar-refractivity contribution in [3.63, 3.8) is 0 Å². The third kappa shape index (κ3) is 3.64. The standard InChI is InChI=1S/C16H22BrFN2O/c1-3-19(4-2)12-8-10-20(11-9-12)16(21)13-6-5-7-14(18)15(13)17/h5-7,12H,3-4,8-11H2,1-2H3. The van der Waals surface area contributed by atoms with Crippen molar-refractivity contribution in [1.82, 2.24) is 9.80 Å². The van der Waals surface area contributed by atoms with Crippen LogP contribution in [-0.4, -0.2) is 47.9 Å². The van der Waals surface area contributed by atoms with E-state index in [1.807, 2.05) is 4.90 Å². The maximum Gasteiger partial charge on any atom is 0.255 e. The van der Waals surface area contributed by atoms with Gasteiger partial charge in [-0.05, 0) is 54.0 Å². The SMILES string of the molecule is CCN(CC)C1CCN(C(=O)c2cccc(F)c2Br)CC1. The predicted molar refractivity (Wildman–Crippen MR) is 85.9 cm³/mol. The Bertz CT molecular complexity index is 497. The summed E-state index contributed by atoms with van der Waals surface area (Å²) < 4.78 is 13.8. The fraction of sp³-hybridized carbons (Fsp3) is 0.562. The molecule has 116 valence electrons. The minimum Gasteiger partial charge on any atom is -0.338 e. The summed E-state index contributed by atoms with van der Waals surface area (Å²) in [6.07, 6.45) is 1.97. The summed E-state index contributed by atoms with van der Waals surface area (Å²) in [5, 5.41) is 0. The minimum absolute atomic E-state index is 0.0839. The van der Waals surface area contributed by atoms with E-state index < -0.39 is 0 Å². The number of likely N-dealkylation sites (tertiary alicyclic amines) is 1. The van der Waals surface area contributed by atoms with Crippen LogP contribution in [-0.2, 0) is 0 Å². The molecule has 0 aliphatic carbocycles. The van der Waals surface area contributed by atoms with Crippen LogP contribution in [0.15, 0.2) is 22.7 Å². The lowest BCUT2D eigenvalue weighted by Crippen LogP contribution is -2.46. The molecule has 0 spiro atoms. The number of rotatable bonds is 4. The number of carbonyl (C=O) groups is 1. The van der Waals surface area contributed by atoms with Gasteiger partial charge < -0.3 is 9.80 Å². The summed E-state index contributed by atoms with van der Waals surface area (Å²) in [7, 11) is 0. The summed E-state index contributed by atoms with van der Waals surface area (Å²) >= 11 is 3.17. The molecule has 5 heteroatoms. The van der Waals surface area contributed by atoms with Crippen molar-refractivity contribution in [2.75, 3.05) is 26.2 Å². The zero-order chi connectivity index (χ0) is 15.4. The molecule has 0 unspecified atom stereocenters. The van der Waals surface area contributed by atoms with E-state index in [9.17, 15) is 9.18 Å².